The van der Waals surface area contributed by atoms with E-state index < -0.39 is 0 Å². The van der Waals surface area contributed by atoms with E-state index in [2.05, 4.69) is 29.2 Å². The largest absolute Gasteiger partial charge is 0.317 e. The van der Waals surface area contributed by atoms with Gasteiger partial charge in [0.15, 0.2) is 0 Å². The maximum atomic E-state index is 4.84. The van der Waals surface area contributed by atoms with Crippen LogP contribution in [-0.2, 0) is 0 Å². The van der Waals surface area contributed by atoms with E-state index in [4.69, 9.17) is 5.10 Å². The van der Waals surface area contributed by atoms with Crippen LogP contribution in [0.1, 0.15) is 48.2 Å². The summed E-state index contributed by atoms with van der Waals surface area (Å²) in [6.45, 7) is 8.97. The Morgan fingerprint density at radius 1 is 1.06 bits per heavy atom. The van der Waals surface area contributed by atoms with E-state index in [1.807, 2.05) is 0 Å². The molecule has 3 rings (SSSR count). The molecule has 4 heteroatoms. The summed E-state index contributed by atoms with van der Waals surface area (Å²) < 4.78 is 2.31. The highest BCUT2D eigenvalue weighted by atomic mass is 15.3. The molecule has 100 valence electrons. The van der Waals surface area contributed by atoms with Crippen molar-refractivity contribution in [2.75, 3.05) is 26.2 Å². The minimum Gasteiger partial charge on any atom is -0.317 e. The molecule has 0 spiro atoms. The maximum absolute atomic E-state index is 4.84. The molecule has 0 saturated carbocycles. The molecular formula is C14H24N4. The minimum absolute atomic E-state index is 0.605. The molecule has 2 aliphatic rings. The SMILES string of the molecule is Cc1nn(C2CCNCC2)c(C)c1C1CCNC1. The highest BCUT2D eigenvalue weighted by Crippen LogP contribution is 2.31. The van der Waals surface area contributed by atoms with Crippen LogP contribution in [0.5, 0.6) is 0 Å². The first-order valence-corrected chi connectivity index (χ1v) is 7.24. The van der Waals surface area contributed by atoms with Crippen molar-refractivity contribution < 1.29 is 0 Å². The Morgan fingerprint density at radius 2 is 1.78 bits per heavy atom. The van der Waals surface area contributed by atoms with Crippen molar-refractivity contribution in [3.63, 3.8) is 0 Å². The van der Waals surface area contributed by atoms with Gasteiger partial charge in [-0.3, -0.25) is 4.68 Å². The Hall–Kier alpha value is -0.870. The molecule has 2 saturated heterocycles. The summed E-state index contributed by atoms with van der Waals surface area (Å²) in [5, 5.41) is 11.7. The lowest BCUT2D eigenvalue weighted by molar-refractivity contribution is 0.337. The fourth-order valence-corrected chi connectivity index (χ4v) is 3.57. The molecule has 0 amide bonds. The summed E-state index contributed by atoms with van der Waals surface area (Å²) in [7, 11) is 0. The fraction of sp³-hybridized carbons (Fsp3) is 0.786. The Morgan fingerprint density at radius 3 is 2.44 bits per heavy atom. The highest BCUT2D eigenvalue weighted by Gasteiger charge is 2.26. The number of hydrogen-bond acceptors (Lipinski definition) is 3. The molecule has 1 atom stereocenters. The van der Waals surface area contributed by atoms with Crippen molar-refractivity contribution in [1.29, 1.82) is 0 Å². The Balaban J connectivity index is 1.89. The maximum Gasteiger partial charge on any atom is 0.0631 e. The van der Waals surface area contributed by atoms with E-state index in [1.165, 1.54) is 36.2 Å². The van der Waals surface area contributed by atoms with Crippen LogP contribution in [0.25, 0.3) is 0 Å². The molecule has 2 fully saturated rings. The predicted molar refractivity (Wildman–Crippen MR) is 73.1 cm³/mol. The molecule has 18 heavy (non-hydrogen) atoms. The predicted octanol–water partition coefficient (Wildman–Crippen LogP) is 1.50. The van der Waals surface area contributed by atoms with Gasteiger partial charge in [0.05, 0.1) is 11.7 Å². The van der Waals surface area contributed by atoms with Crippen molar-refractivity contribution in [2.24, 2.45) is 0 Å². The van der Waals surface area contributed by atoms with Crippen LogP contribution < -0.4 is 10.6 Å². The molecule has 1 aromatic heterocycles. The van der Waals surface area contributed by atoms with E-state index in [0.29, 0.717) is 12.0 Å². The number of nitrogens with one attached hydrogen (secondary N) is 2. The zero-order valence-electron chi connectivity index (χ0n) is 11.5. The molecule has 1 aromatic rings. The van der Waals surface area contributed by atoms with Gasteiger partial charge in [0.1, 0.15) is 0 Å². The van der Waals surface area contributed by atoms with Gasteiger partial charge in [0, 0.05) is 23.7 Å². The summed E-state index contributed by atoms with van der Waals surface area (Å²) in [5.41, 5.74) is 4.17. The monoisotopic (exact) mass is 248 g/mol. The lowest BCUT2D eigenvalue weighted by Gasteiger charge is -2.24. The molecule has 4 nitrogen and oxygen atoms in total. The topological polar surface area (TPSA) is 41.9 Å². The summed E-state index contributed by atoms with van der Waals surface area (Å²) in [6.07, 6.45) is 3.69. The van der Waals surface area contributed by atoms with Crippen LogP contribution in [-0.4, -0.2) is 36.0 Å². The average Bonchev–Trinajstić information content (AvgIpc) is 2.99. The molecular weight excluding hydrogens is 224 g/mol. The van der Waals surface area contributed by atoms with Crippen LogP contribution in [0, 0.1) is 13.8 Å². The zero-order chi connectivity index (χ0) is 12.5. The van der Waals surface area contributed by atoms with Gasteiger partial charge in [0.2, 0.25) is 0 Å². The van der Waals surface area contributed by atoms with Gasteiger partial charge in [-0.05, 0) is 52.7 Å². The van der Waals surface area contributed by atoms with Crippen LogP contribution in [0.15, 0.2) is 0 Å². The van der Waals surface area contributed by atoms with Gasteiger partial charge in [-0.15, -0.1) is 0 Å². The van der Waals surface area contributed by atoms with Gasteiger partial charge in [-0.1, -0.05) is 0 Å². The van der Waals surface area contributed by atoms with Crippen LogP contribution in [0.4, 0.5) is 0 Å². The van der Waals surface area contributed by atoms with Gasteiger partial charge in [0.25, 0.3) is 0 Å². The molecule has 0 aliphatic carbocycles. The quantitative estimate of drug-likeness (QED) is 0.833. The van der Waals surface area contributed by atoms with Crippen molar-refractivity contribution in [2.45, 2.75) is 45.1 Å². The summed E-state index contributed by atoms with van der Waals surface area (Å²) in [5.74, 6) is 0.681. The third kappa shape index (κ3) is 2.08. The standard InChI is InChI=1S/C14H24N4/c1-10-14(12-3-6-16-9-12)11(2)18(17-10)13-4-7-15-8-5-13/h12-13,15-16H,3-9H2,1-2H3. The lowest BCUT2D eigenvalue weighted by atomic mass is 9.96. The number of aromatic nitrogens is 2. The fourth-order valence-electron chi connectivity index (χ4n) is 3.57. The smallest absolute Gasteiger partial charge is 0.0631 e. The van der Waals surface area contributed by atoms with Crippen molar-refractivity contribution in [3.05, 3.63) is 17.0 Å². The molecule has 0 aromatic carbocycles. The van der Waals surface area contributed by atoms with Crippen LogP contribution in [0.3, 0.4) is 0 Å². The first-order valence-electron chi connectivity index (χ1n) is 7.24. The molecule has 3 heterocycles. The highest BCUT2D eigenvalue weighted by molar-refractivity contribution is 5.30. The molecule has 1 unspecified atom stereocenters. The van der Waals surface area contributed by atoms with Crippen LogP contribution in [0.2, 0.25) is 0 Å². The van der Waals surface area contributed by atoms with E-state index >= 15 is 0 Å². The Labute approximate surface area is 109 Å². The number of nitrogens with zero attached hydrogens (tertiary/aromatic N) is 2. The normalized spacial score (nSPS) is 25.8. The van der Waals surface area contributed by atoms with Crippen molar-refractivity contribution in [1.82, 2.24) is 20.4 Å². The van der Waals surface area contributed by atoms with Gasteiger partial charge in [-0.25, -0.2) is 0 Å². The average molecular weight is 248 g/mol. The third-order valence-electron chi connectivity index (χ3n) is 4.50. The third-order valence-corrected chi connectivity index (χ3v) is 4.50. The van der Waals surface area contributed by atoms with Crippen LogP contribution >= 0.6 is 0 Å². The van der Waals surface area contributed by atoms with E-state index in [1.54, 1.807) is 0 Å². The first kappa shape index (κ1) is 12.2. The second-order valence-corrected chi connectivity index (χ2v) is 5.70. The molecule has 0 radical (unpaired) electrons. The minimum atomic E-state index is 0.605. The van der Waals surface area contributed by atoms with Crippen molar-refractivity contribution >= 4 is 0 Å². The van der Waals surface area contributed by atoms with E-state index in [-0.39, 0.29) is 0 Å². The number of rotatable bonds is 2. The molecule has 2 aliphatic heterocycles. The van der Waals surface area contributed by atoms with Gasteiger partial charge >= 0.3 is 0 Å². The summed E-state index contributed by atoms with van der Waals surface area (Å²) in [6, 6.07) is 0.605. The van der Waals surface area contributed by atoms with E-state index in [0.717, 1.165) is 26.2 Å². The van der Waals surface area contributed by atoms with E-state index in [9.17, 15) is 0 Å². The molecule has 2 N–H and O–H groups in total. The Bertz CT molecular complexity index is 412. The van der Waals surface area contributed by atoms with Crippen molar-refractivity contribution in [3.8, 4) is 0 Å². The number of piperidine rings is 1. The van der Waals surface area contributed by atoms with Gasteiger partial charge < -0.3 is 10.6 Å². The number of aryl methyl sites for hydroxylation is 1. The summed E-state index contributed by atoms with van der Waals surface area (Å²) in [4.78, 5) is 0. The second-order valence-electron chi connectivity index (χ2n) is 5.70. The summed E-state index contributed by atoms with van der Waals surface area (Å²) >= 11 is 0. The Kier molecular flexibility index (Phi) is 3.39. The molecule has 0 bridgehead atoms. The first-order chi connectivity index (χ1) is 8.77. The zero-order valence-corrected chi connectivity index (χ0v) is 11.5. The number of hydrogen-bond donors (Lipinski definition) is 2. The van der Waals surface area contributed by atoms with Gasteiger partial charge in [-0.2, -0.15) is 5.10 Å². The lowest BCUT2D eigenvalue weighted by Crippen LogP contribution is -2.30. The second kappa shape index (κ2) is 5.02.